The van der Waals surface area contributed by atoms with Crippen LogP contribution in [0.1, 0.15) is 24.0 Å². The maximum Gasteiger partial charge on any atom is 0.421 e. The number of imidazole rings is 1. The molecule has 0 saturated heterocycles. The topological polar surface area (TPSA) is 38.0 Å². The number of halogens is 5. The Bertz CT molecular complexity index is 455. The monoisotopic (exact) mass is 378 g/mol. The van der Waals surface area contributed by atoms with E-state index in [-0.39, 0.29) is 13.0 Å². The van der Waals surface area contributed by atoms with Crippen molar-refractivity contribution in [2.24, 2.45) is 0 Å². The van der Waals surface area contributed by atoms with Gasteiger partial charge in [0.1, 0.15) is 9.53 Å². The molecule has 0 saturated carbocycles. The molecule has 3 nitrogen and oxygen atoms in total. The van der Waals surface area contributed by atoms with Gasteiger partial charge in [0.25, 0.3) is 0 Å². The number of aryl methyl sites for hydroxylation is 1. The molecule has 0 aliphatic heterocycles. The summed E-state index contributed by atoms with van der Waals surface area (Å²) in [5.41, 5.74) is 0.360. The van der Waals surface area contributed by atoms with E-state index in [0.717, 1.165) is 4.57 Å². The third-order valence-electron chi connectivity index (χ3n) is 2.26. The summed E-state index contributed by atoms with van der Waals surface area (Å²) in [6, 6.07) is 0. The predicted octanol–water partition coefficient (Wildman–Crippen LogP) is 3.27. The van der Waals surface area contributed by atoms with E-state index in [4.69, 9.17) is 0 Å². The van der Waals surface area contributed by atoms with Gasteiger partial charge in [-0.2, -0.15) is 13.2 Å². The summed E-state index contributed by atoms with van der Waals surface area (Å²) in [6.45, 7) is 4.52. The zero-order chi connectivity index (χ0) is 14.1. The molecular formula is C10H11F4IN2O. The van der Waals surface area contributed by atoms with Crippen LogP contribution >= 0.6 is 22.6 Å². The van der Waals surface area contributed by atoms with Gasteiger partial charge in [-0.15, -0.1) is 0 Å². The molecular weight excluding hydrogens is 367 g/mol. The van der Waals surface area contributed by atoms with Gasteiger partial charge < -0.3 is 9.67 Å². The quantitative estimate of drug-likeness (QED) is 0.645. The Labute approximate surface area is 115 Å². The lowest BCUT2D eigenvalue weighted by Crippen LogP contribution is -2.24. The molecule has 1 rings (SSSR count). The van der Waals surface area contributed by atoms with Crippen molar-refractivity contribution in [3.05, 3.63) is 27.6 Å². The maximum absolute atomic E-state index is 12.6. The molecule has 8 heteroatoms. The van der Waals surface area contributed by atoms with E-state index in [2.05, 4.69) is 11.6 Å². The Morgan fingerprint density at radius 2 is 2.11 bits per heavy atom. The second kappa shape index (κ2) is 5.55. The number of nitrogens with zero attached hydrogens (tertiary/aromatic N) is 2. The Balaban J connectivity index is 3.11. The van der Waals surface area contributed by atoms with Gasteiger partial charge in [0.15, 0.2) is 0 Å². The van der Waals surface area contributed by atoms with Crippen LogP contribution in [-0.2, 0) is 6.54 Å². The lowest BCUT2D eigenvalue weighted by atomic mass is 10.3. The van der Waals surface area contributed by atoms with Crippen molar-refractivity contribution in [3.8, 4) is 0 Å². The zero-order valence-electron chi connectivity index (χ0n) is 9.43. The fourth-order valence-corrected chi connectivity index (χ4v) is 1.98. The van der Waals surface area contributed by atoms with Crippen LogP contribution in [0.25, 0.3) is 0 Å². The number of allylic oxidation sites excluding steroid dienone is 1. The average molecular weight is 378 g/mol. The highest BCUT2D eigenvalue weighted by molar-refractivity contribution is 14.1. The van der Waals surface area contributed by atoms with E-state index in [1.54, 1.807) is 22.6 Å². The number of aliphatic hydroxyl groups is 1. The van der Waals surface area contributed by atoms with E-state index in [1.165, 1.54) is 6.92 Å². The molecule has 0 fully saturated rings. The van der Waals surface area contributed by atoms with Crippen LogP contribution in [0, 0.1) is 10.6 Å². The van der Waals surface area contributed by atoms with Crippen molar-refractivity contribution in [3.63, 3.8) is 0 Å². The molecule has 102 valence electrons. The summed E-state index contributed by atoms with van der Waals surface area (Å²) in [7, 11) is 0. The fourth-order valence-electron chi connectivity index (χ4n) is 1.38. The minimum absolute atomic E-state index is 0.0447. The molecule has 0 aliphatic carbocycles. The Morgan fingerprint density at radius 3 is 2.56 bits per heavy atom. The number of rotatable bonds is 4. The summed E-state index contributed by atoms with van der Waals surface area (Å²) < 4.78 is 51.5. The van der Waals surface area contributed by atoms with Crippen LogP contribution in [0.15, 0.2) is 12.4 Å². The fraction of sp³-hybridized carbons (Fsp3) is 0.500. The molecule has 1 aromatic heterocycles. The first-order chi connectivity index (χ1) is 8.14. The summed E-state index contributed by atoms with van der Waals surface area (Å²) >= 11 is 1.80. The van der Waals surface area contributed by atoms with Crippen molar-refractivity contribution in [2.45, 2.75) is 32.2 Å². The summed E-state index contributed by atoms with van der Waals surface area (Å²) in [5, 5.41) is 9.21. The van der Waals surface area contributed by atoms with Crippen molar-refractivity contribution in [2.75, 3.05) is 0 Å². The molecule has 1 aromatic rings. The van der Waals surface area contributed by atoms with Crippen molar-refractivity contribution >= 4 is 22.6 Å². The van der Waals surface area contributed by atoms with Crippen LogP contribution in [0.2, 0.25) is 0 Å². The molecule has 0 aliphatic rings. The van der Waals surface area contributed by atoms with Crippen molar-refractivity contribution in [1.29, 1.82) is 0 Å². The molecule has 1 unspecified atom stereocenters. The van der Waals surface area contributed by atoms with Gasteiger partial charge in [-0.05, 0) is 29.5 Å². The van der Waals surface area contributed by atoms with E-state index < -0.39 is 23.9 Å². The van der Waals surface area contributed by atoms with Gasteiger partial charge in [0.05, 0.1) is 11.5 Å². The third kappa shape index (κ3) is 3.44. The van der Waals surface area contributed by atoms with E-state index in [9.17, 15) is 22.7 Å². The largest absolute Gasteiger partial charge is 0.421 e. The summed E-state index contributed by atoms with van der Waals surface area (Å²) in [5.74, 6) is -1.16. The molecule has 1 heterocycles. The number of aromatic nitrogens is 2. The normalized spacial score (nSPS) is 13.7. The molecule has 1 atom stereocenters. The summed E-state index contributed by atoms with van der Waals surface area (Å²) in [6.07, 6.45) is -7.60. The SMILES string of the molecule is C=C(F)CCn1c(C(O)C(F)(F)F)nc(C)c1I. The highest BCUT2D eigenvalue weighted by Crippen LogP contribution is 2.33. The van der Waals surface area contributed by atoms with Crippen LogP contribution in [0.3, 0.4) is 0 Å². The molecule has 0 spiro atoms. The molecule has 0 aromatic carbocycles. The molecule has 0 bridgehead atoms. The number of aliphatic hydroxyl groups excluding tert-OH is 1. The van der Waals surface area contributed by atoms with Crippen LogP contribution in [-0.4, -0.2) is 20.8 Å². The van der Waals surface area contributed by atoms with Crippen LogP contribution < -0.4 is 0 Å². The van der Waals surface area contributed by atoms with Gasteiger partial charge in [0.2, 0.25) is 6.10 Å². The number of alkyl halides is 3. The van der Waals surface area contributed by atoms with Gasteiger partial charge in [-0.1, -0.05) is 6.58 Å². The van der Waals surface area contributed by atoms with E-state index in [0.29, 0.717) is 9.39 Å². The Morgan fingerprint density at radius 1 is 1.56 bits per heavy atom. The lowest BCUT2D eigenvalue weighted by molar-refractivity contribution is -0.209. The van der Waals surface area contributed by atoms with Crippen LogP contribution in [0.5, 0.6) is 0 Å². The first-order valence-electron chi connectivity index (χ1n) is 4.95. The van der Waals surface area contributed by atoms with Gasteiger partial charge in [0, 0.05) is 13.0 Å². The number of hydrogen-bond donors (Lipinski definition) is 1. The second-order valence-corrected chi connectivity index (χ2v) is 4.73. The van der Waals surface area contributed by atoms with Gasteiger partial charge in [-0.25, -0.2) is 9.37 Å². The van der Waals surface area contributed by atoms with Gasteiger partial charge >= 0.3 is 6.18 Å². The highest BCUT2D eigenvalue weighted by Gasteiger charge is 2.42. The first-order valence-corrected chi connectivity index (χ1v) is 6.03. The van der Waals surface area contributed by atoms with E-state index in [1.807, 2.05) is 0 Å². The highest BCUT2D eigenvalue weighted by atomic mass is 127. The first kappa shape index (κ1) is 15.4. The molecule has 0 radical (unpaired) electrons. The zero-order valence-corrected chi connectivity index (χ0v) is 11.6. The number of hydrogen-bond acceptors (Lipinski definition) is 2. The smallest absolute Gasteiger partial charge is 0.377 e. The Hall–Kier alpha value is -0.640. The van der Waals surface area contributed by atoms with E-state index >= 15 is 0 Å². The lowest BCUT2D eigenvalue weighted by Gasteiger charge is -2.16. The predicted molar refractivity (Wildman–Crippen MR) is 65.6 cm³/mol. The maximum atomic E-state index is 12.6. The van der Waals surface area contributed by atoms with Gasteiger partial charge in [-0.3, -0.25) is 0 Å². The molecule has 18 heavy (non-hydrogen) atoms. The van der Waals surface area contributed by atoms with Crippen molar-refractivity contribution < 1.29 is 22.7 Å². The standard InChI is InChI=1S/C10H11F4IN2O/c1-5(11)3-4-17-8(15)6(2)16-9(17)7(18)10(12,13)14/h7,18H,1,3-4H2,2H3. The molecule has 0 amide bonds. The summed E-state index contributed by atoms with van der Waals surface area (Å²) in [4.78, 5) is 3.69. The third-order valence-corrected chi connectivity index (χ3v) is 3.62. The minimum atomic E-state index is -4.80. The Kier molecular flexibility index (Phi) is 4.76. The average Bonchev–Trinajstić information content (AvgIpc) is 2.50. The van der Waals surface area contributed by atoms with Crippen molar-refractivity contribution in [1.82, 2.24) is 9.55 Å². The van der Waals surface area contributed by atoms with Crippen LogP contribution in [0.4, 0.5) is 17.6 Å². The minimum Gasteiger partial charge on any atom is -0.377 e. The molecule has 1 N–H and O–H groups in total. The second-order valence-electron chi connectivity index (χ2n) is 3.71.